The number of nitriles is 1. The van der Waals surface area contributed by atoms with Gasteiger partial charge in [-0.25, -0.2) is 33.0 Å². The fourth-order valence-corrected chi connectivity index (χ4v) is 10.5. The lowest BCUT2D eigenvalue weighted by atomic mass is 9.87. The van der Waals surface area contributed by atoms with Crippen molar-refractivity contribution in [2.75, 3.05) is 74.6 Å². The summed E-state index contributed by atoms with van der Waals surface area (Å²) < 4.78 is 44.8. The van der Waals surface area contributed by atoms with Crippen molar-refractivity contribution in [2.24, 2.45) is 5.92 Å². The number of carbonyl (C=O) groups is 2. The predicted octanol–water partition coefficient (Wildman–Crippen LogP) is 4.40. The lowest BCUT2D eigenvalue weighted by Gasteiger charge is -2.39. The van der Waals surface area contributed by atoms with Gasteiger partial charge in [0.25, 0.3) is 0 Å². The van der Waals surface area contributed by atoms with E-state index in [1.165, 1.54) is 21.6 Å². The Morgan fingerprint density at radius 1 is 0.930 bits per heavy atom. The number of aromatic nitrogens is 2. The van der Waals surface area contributed by atoms with Gasteiger partial charge in [0.05, 0.1) is 39.3 Å². The summed E-state index contributed by atoms with van der Waals surface area (Å²) in [6, 6.07) is 10.1. The average Bonchev–Trinajstić information content (AvgIpc) is 3.53. The van der Waals surface area contributed by atoms with Crippen LogP contribution < -0.4 is 26.0 Å². The molecule has 57 heavy (non-hydrogen) atoms. The smallest absolute Gasteiger partial charge is 0.325 e. The van der Waals surface area contributed by atoms with Crippen LogP contribution in [0.2, 0.25) is 5.02 Å². The highest BCUT2D eigenvalue weighted by Crippen LogP contribution is 2.41. The Morgan fingerprint density at radius 3 is 2.33 bits per heavy atom. The Hall–Kier alpha value is -4.60. The maximum atomic E-state index is 15.7. The number of likely N-dealkylation sites (tertiary alicyclic amines) is 1. The van der Waals surface area contributed by atoms with Crippen molar-refractivity contribution >= 4 is 50.9 Å². The van der Waals surface area contributed by atoms with Crippen LogP contribution in [0.4, 0.5) is 26.5 Å². The number of sulfonamides is 1. The fourth-order valence-electron chi connectivity index (χ4n) is 8.93. The van der Waals surface area contributed by atoms with Crippen LogP contribution in [0, 0.1) is 23.1 Å². The second kappa shape index (κ2) is 16.3. The van der Waals surface area contributed by atoms with E-state index in [4.69, 9.17) is 11.6 Å². The number of anilines is 3. The van der Waals surface area contributed by atoms with Crippen molar-refractivity contribution in [1.82, 2.24) is 34.8 Å². The number of carbonyl (C=O) groups excluding carboxylic acids is 2. The number of benzene rings is 2. The van der Waals surface area contributed by atoms with Gasteiger partial charge in [-0.1, -0.05) is 11.6 Å². The van der Waals surface area contributed by atoms with Crippen molar-refractivity contribution in [3.8, 4) is 6.07 Å². The molecule has 18 heteroatoms. The first kappa shape index (κ1) is 39.2. The molecule has 4 saturated heterocycles. The lowest BCUT2D eigenvalue weighted by Crippen LogP contribution is -2.53. The summed E-state index contributed by atoms with van der Waals surface area (Å²) in [5, 5.41) is 17.9. The van der Waals surface area contributed by atoms with Crippen molar-refractivity contribution < 1.29 is 22.4 Å². The molecule has 3 N–H and O–H groups in total. The summed E-state index contributed by atoms with van der Waals surface area (Å²) in [4.78, 5) is 38.9. The highest BCUT2D eigenvalue weighted by atomic mass is 35.5. The third-order valence-corrected chi connectivity index (χ3v) is 14.2. The fraction of sp³-hybridized carbons (Fsp3) is 0.513. The molecule has 1 aromatic heterocycles. The zero-order valence-electron chi connectivity index (χ0n) is 31.8. The molecule has 1 atom stereocenters. The molecule has 0 radical (unpaired) electrons. The normalized spacial score (nSPS) is 22.1. The number of nitrogens with zero attached hydrogens (tertiary/aromatic N) is 8. The van der Waals surface area contributed by atoms with Crippen LogP contribution in [0.5, 0.6) is 0 Å². The van der Waals surface area contributed by atoms with Crippen LogP contribution in [-0.4, -0.2) is 110 Å². The van der Waals surface area contributed by atoms with E-state index in [0.717, 1.165) is 64.1 Å². The minimum Gasteiger partial charge on any atom is -0.370 e. The van der Waals surface area contributed by atoms with E-state index < -0.39 is 22.2 Å². The summed E-state index contributed by atoms with van der Waals surface area (Å²) in [7, 11) is -1.91. The van der Waals surface area contributed by atoms with Crippen molar-refractivity contribution in [1.29, 1.82) is 5.26 Å². The van der Waals surface area contributed by atoms with E-state index in [-0.39, 0.29) is 41.5 Å². The molecule has 8 rings (SSSR count). The highest BCUT2D eigenvalue weighted by Gasteiger charge is 2.38. The molecule has 2 aromatic carbocycles. The first-order valence-corrected chi connectivity index (χ1v) is 21.5. The minimum absolute atomic E-state index is 0.0383. The molecule has 0 spiro atoms. The Bertz CT molecular complexity index is 2150. The number of hydrogen-bond acceptors (Lipinski definition) is 12. The van der Waals surface area contributed by atoms with E-state index in [9.17, 15) is 23.3 Å². The molecule has 4 fully saturated rings. The molecule has 302 valence electrons. The number of hydrazine groups is 1. The molecule has 6 heterocycles. The molecule has 5 aliphatic rings. The molecule has 5 aliphatic heterocycles. The number of imide groups is 1. The van der Waals surface area contributed by atoms with Crippen molar-refractivity contribution in [3.05, 3.63) is 70.3 Å². The van der Waals surface area contributed by atoms with Crippen LogP contribution in [0.15, 0.2) is 47.6 Å². The van der Waals surface area contributed by atoms with Crippen LogP contribution in [-0.2, 0) is 14.8 Å². The molecule has 3 amide bonds. The monoisotopic (exact) mass is 819 g/mol. The standard InChI is InChI=1S/C39H47ClFN11O4S/c1-48-35-20-31(33(41)19-32(35)37(47-48)52-17-10-36(53)46-39(52)54)26-6-11-49(12-7-26)24-25-4-13-50(14-5-25)34-18-30(3-2-27(34)21-42)57(55,56)51-15-8-29(9-16-51)45-38-43-22-28(40)23-44-38/h2-3,18-20,22-23,25-26,29,37,47H,4-17,24H2,1H3,(H,43,44,45)(H,46,53,54). The molecule has 0 aliphatic carbocycles. The first-order valence-electron chi connectivity index (χ1n) is 19.7. The molecular weight excluding hydrogens is 773 g/mol. The Balaban J connectivity index is 0.837. The summed E-state index contributed by atoms with van der Waals surface area (Å²) in [6.45, 7) is 5.08. The average molecular weight is 820 g/mol. The number of nitrogens with one attached hydrogen (secondary N) is 3. The van der Waals surface area contributed by atoms with E-state index in [0.29, 0.717) is 65.2 Å². The molecule has 3 aromatic rings. The number of halogens is 2. The second-order valence-electron chi connectivity index (χ2n) is 15.7. The number of fused-ring (bicyclic) bond motifs is 1. The van der Waals surface area contributed by atoms with Crippen LogP contribution >= 0.6 is 11.6 Å². The maximum absolute atomic E-state index is 15.7. The first-order chi connectivity index (χ1) is 27.5. The SMILES string of the molecule is CN1NC(N2CCC(=O)NC2=O)c2cc(F)c(C3CCN(CC4CCN(c5cc(S(=O)(=O)N6CCC(Nc7ncc(Cl)cn7)CC6)ccc5C#N)CC4)CC3)cc21. The highest BCUT2D eigenvalue weighted by molar-refractivity contribution is 7.89. The van der Waals surface area contributed by atoms with Gasteiger partial charge in [-0.15, -0.1) is 0 Å². The van der Waals surface area contributed by atoms with Gasteiger partial charge in [-0.05, 0) is 99.3 Å². The third-order valence-electron chi connectivity index (χ3n) is 12.2. The van der Waals surface area contributed by atoms with Crippen LogP contribution in [0.3, 0.4) is 0 Å². The summed E-state index contributed by atoms with van der Waals surface area (Å²) >= 11 is 5.89. The third kappa shape index (κ3) is 8.24. The number of amides is 3. The van der Waals surface area contributed by atoms with Gasteiger partial charge in [0.15, 0.2) is 0 Å². The number of hydrogen-bond donors (Lipinski definition) is 3. The summed E-state index contributed by atoms with van der Waals surface area (Å²) in [5.74, 6) is 0.419. The zero-order chi connectivity index (χ0) is 39.8. The van der Waals surface area contributed by atoms with Crippen LogP contribution in [0.1, 0.15) is 73.7 Å². The number of rotatable bonds is 9. The van der Waals surface area contributed by atoms with Crippen molar-refractivity contribution in [2.45, 2.75) is 68.0 Å². The van der Waals surface area contributed by atoms with Gasteiger partial charge in [0.2, 0.25) is 21.9 Å². The number of urea groups is 1. The van der Waals surface area contributed by atoms with Gasteiger partial charge in [0.1, 0.15) is 18.1 Å². The topological polar surface area (TPSA) is 170 Å². The van der Waals surface area contributed by atoms with Crippen molar-refractivity contribution in [3.63, 3.8) is 0 Å². The van der Waals surface area contributed by atoms with E-state index in [2.05, 4.69) is 41.9 Å². The zero-order valence-corrected chi connectivity index (χ0v) is 33.4. The van der Waals surface area contributed by atoms with E-state index in [1.54, 1.807) is 24.3 Å². The van der Waals surface area contributed by atoms with E-state index in [1.807, 2.05) is 18.1 Å². The Kier molecular flexibility index (Phi) is 11.2. The van der Waals surface area contributed by atoms with Gasteiger partial charge in [-0.2, -0.15) is 9.57 Å². The van der Waals surface area contributed by atoms with Gasteiger partial charge in [0, 0.05) is 64.3 Å². The Labute approximate surface area is 337 Å². The molecule has 0 bridgehead atoms. The second-order valence-corrected chi connectivity index (χ2v) is 18.0. The quantitative estimate of drug-likeness (QED) is 0.279. The maximum Gasteiger partial charge on any atom is 0.325 e. The molecule has 15 nitrogen and oxygen atoms in total. The predicted molar refractivity (Wildman–Crippen MR) is 212 cm³/mol. The summed E-state index contributed by atoms with van der Waals surface area (Å²) in [6.07, 6.45) is 7.42. The molecule has 1 unspecified atom stereocenters. The van der Waals surface area contributed by atoms with Gasteiger partial charge >= 0.3 is 6.03 Å². The molecular formula is C39H47ClFN11O4S. The minimum atomic E-state index is -3.77. The van der Waals surface area contributed by atoms with E-state index >= 15 is 4.39 Å². The largest absolute Gasteiger partial charge is 0.370 e. The Morgan fingerprint density at radius 2 is 1.65 bits per heavy atom. The summed E-state index contributed by atoms with van der Waals surface area (Å²) in [5.41, 5.74) is 6.58. The lowest BCUT2D eigenvalue weighted by molar-refractivity contribution is -0.121. The number of piperidine rings is 3. The molecule has 0 saturated carbocycles. The van der Waals surface area contributed by atoms with Gasteiger partial charge < -0.3 is 25.0 Å². The van der Waals surface area contributed by atoms with Gasteiger partial charge in [-0.3, -0.25) is 10.1 Å². The van der Waals surface area contributed by atoms with Crippen LogP contribution in [0.25, 0.3) is 0 Å².